The van der Waals surface area contributed by atoms with Crippen molar-refractivity contribution in [3.8, 4) is 11.3 Å². The molecule has 1 heterocycles. The third kappa shape index (κ3) is 4.08. The smallest absolute Gasteiger partial charge is 0.291 e. The zero-order chi connectivity index (χ0) is 18.7. The maximum atomic E-state index is 13.0. The standard InChI is InChI=1S/C20H18FNO3S/c1-13-15(12-26(2)24)4-3-5-17(13)22-20(23)19-11-10-18(25-19)14-6-8-16(21)9-7-14/h3-11H,12H2,1-2H3,(H,22,23)/t26-/m1/s1. The number of furan rings is 1. The summed E-state index contributed by atoms with van der Waals surface area (Å²) in [4.78, 5) is 12.5. The molecule has 134 valence electrons. The summed E-state index contributed by atoms with van der Waals surface area (Å²) in [5.74, 6) is 0.374. The van der Waals surface area contributed by atoms with Gasteiger partial charge in [0.05, 0.1) is 0 Å². The van der Waals surface area contributed by atoms with E-state index in [0.717, 1.165) is 11.1 Å². The highest BCUT2D eigenvalue weighted by atomic mass is 32.2. The second kappa shape index (κ2) is 7.66. The van der Waals surface area contributed by atoms with E-state index in [9.17, 15) is 13.4 Å². The molecule has 0 fully saturated rings. The first-order valence-electron chi connectivity index (χ1n) is 7.99. The molecule has 1 N–H and O–H groups in total. The Hall–Kier alpha value is -2.73. The number of benzene rings is 2. The van der Waals surface area contributed by atoms with Crippen molar-refractivity contribution in [1.82, 2.24) is 0 Å². The van der Waals surface area contributed by atoms with Crippen LogP contribution in [-0.2, 0) is 16.6 Å². The molecule has 0 saturated carbocycles. The van der Waals surface area contributed by atoms with E-state index < -0.39 is 10.8 Å². The molecule has 0 aliphatic rings. The average Bonchev–Trinajstić information content (AvgIpc) is 3.09. The van der Waals surface area contributed by atoms with E-state index in [0.29, 0.717) is 22.8 Å². The van der Waals surface area contributed by atoms with Crippen LogP contribution in [0.5, 0.6) is 0 Å². The lowest BCUT2D eigenvalue weighted by Gasteiger charge is -2.11. The van der Waals surface area contributed by atoms with Gasteiger partial charge in [-0.25, -0.2) is 4.39 Å². The number of carbonyl (C=O) groups excluding carboxylic acids is 1. The lowest BCUT2D eigenvalue weighted by Crippen LogP contribution is -2.12. The van der Waals surface area contributed by atoms with E-state index in [1.807, 2.05) is 19.1 Å². The Balaban J connectivity index is 1.79. The van der Waals surface area contributed by atoms with Gasteiger partial charge in [-0.3, -0.25) is 9.00 Å². The second-order valence-corrected chi connectivity index (χ2v) is 7.37. The highest BCUT2D eigenvalue weighted by Crippen LogP contribution is 2.24. The van der Waals surface area contributed by atoms with Crippen LogP contribution in [0.1, 0.15) is 21.7 Å². The molecule has 1 amide bonds. The molecule has 0 unspecified atom stereocenters. The predicted molar refractivity (Wildman–Crippen MR) is 101 cm³/mol. The number of nitrogens with one attached hydrogen (secondary N) is 1. The SMILES string of the molecule is Cc1c(C[S@@](C)=O)cccc1NC(=O)c1ccc(-c2ccc(F)cc2)o1. The quantitative estimate of drug-likeness (QED) is 0.717. The summed E-state index contributed by atoms with van der Waals surface area (Å²) >= 11 is 0. The summed E-state index contributed by atoms with van der Waals surface area (Å²) in [6.07, 6.45) is 1.64. The van der Waals surface area contributed by atoms with Gasteiger partial charge in [0.25, 0.3) is 5.91 Å². The average molecular weight is 371 g/mol. The van der Waals surface area contributed by atoms with Crippen molar-refractivity contribution in [3.05, 3.63) is 77.3 Å². The van der Waals surface area contributed by atoms with Crippen molar-refractivity contribution in [1.29, 1.82) is 0 Å². The monoisotopic (exact) mass is 371 g/mol. The van der Waals surface area contributed by atoms with Crippen LogP contribution >= 0.6 is 0 Å². The molecule has 6 heteroatoms. The minimum Gasteiger partial charge on any atom is -0.451 e. The topological polar surface area (TPSA) is 59.3 Å². The Kier molecular flexibility index (Phi) is 5.32. The number of hydrogen-bond acceptors (Lipinski definition) is 3. The van der Waals surface area contributed by atoms with Gasteiger partial charge in [-0.05, 0) is 60.5 Å². The molecule has 1 atom stereocenters. The highest BCUT2D eigenvalue weighted by molar-refractivity contribution is 7.83. The molecule has 0 aliphatic heterocycles. The molecule has 0 bridgehead atoms. The minimum atomic E-state index is -0.961. The van der Waals surface area contributed by atoms with Crippen molar-refractivity contribution >= 4 is 22.4 Å². The molecule has 3 aromatic rings. The van der Waals surface area contributed by atoms with E-state index in [4.69, 9.17) is 4.42 Å². The van der Waals surface area contributed by atoms with Crippen molar-refractivity contribution in [2.75, 3.05) is 11.6 Å². The first-order valence-corrected chi connectivity index (χ1v) is 9.72. The Morgan fingerprint density at radius 3 is 2.54 bits per heavy atom. The zero-order valence-electron chi connectivity index (χ0n) is 14.4. The fourth-order valence-corrected chi connectivity index (χ4v) is 3.36. The largest absolute Gasteiger partial charge is 0.451 e. The van der Waals surface area contributed by atoms with Crippen LogP contribution in [0.15, 0.2) is 59.0 Å². The van der Waals surface area contributed by atoms with Crippen LogP contribution in [0, 0.1) is 12.7 Å². The number of anilines is 1. The summed E-state index contributed by atoms with van der Waals surface area (Å²) in [5.41, 5.74) is 3.14. The fourth-order valence-electron chi connectivity index (χ4n) is 2.61. The number of carbonyl (C=O) groups is 1. The number of hydrogen-bond donors (Lipinski definition) is 1. The minimum absolute atomic E-state index is 0.160. The maximum Gasteiger partial charge on any atom is 0.291 e. The molecule has 0 spiro atoms. The molecule has 0 saturated heterocycles. The van der Waals surface area contributed by atoms with E-state index >= 15 is 0 Å². The molecule has 26 heavy (non-hydrogen) atoms. The molecular formula is C20H18FNO3S. The third-order valence-electron chi connectivity index (χ3n) is 4.01. The van der Waals surface area contributed by atoms with Crippen LogP contribution in [0.3, 0.4) is 0 Å². The molecule has 0 aliphatic carbocycles. The molecule has 0 radical (unpaired) electrons. The highest BCUT2D eigenvalue weighted by Gasteiger charge is 2.14. The van der Waals surface area contributed by atoms with Gasteiger partial charge in [0.2, 0.25) is 0 Å². The lowest BCUT2D eigenvalue weighted by molar-refractivity contribution is 0.0997. The predicted octanol–water partition coefficient (Wildman–Crippen LogP) is 4.52. The number of halogens is 1. The van der Waals surface area contributed by atoms with Gasteiger partial charge in [-0.2, -0.15) is 0 Å². The van der Waals surface area contributed by atoms with E-state index in [1.165, 1.54) is 12.1 Å². The Labute approximate surface area is 153 Å². The Morgan fingerprint density at radius 1 is 1.12 bits per heavy atom. The van der Waals surface area contributed by atoms with Gasteiger partial charge in [0.1, 0.15) is 11.6 Å². The van der Waals surface area contributed by atoms with E-state index in [1.54, 1.807) is 36.6 Å². The van der Waals surface area contributed by atoms with E-state index in [-0.39, 0.29) is 17.5 Å². The van der Waals surface area contributed by atoms with Crippen molar-refractivity contribution in [2.24, 2.45) is 0 Å². The van der Waals surface area contributed by atoms with Crippen LogP contribution < -0.4 is 5.32 Å². The second-order valence-electron chi connectivity index (χ2n) is 5.93. The summed E-state index contributed by atoms with van der Waals surface area (Å²) in [6.45, 7) is 1.88. The van der Waals surface area contributed by atoms with Crippen LogP contribution in [-0.4, -0.2) is 16.4 Å². The van der Waals surface area contributed by atoms with Gasteiger partial charge in [0.15, 0.2) is 5.76 Å². The van der Waals surface area contributed by atoms with Crippen LogP contribution in [0.2, 0.25) is 0 Å². The van der Waals surface area contributed by atoms with Gasteiger partial charge in [0, 0.05) is 34.1 Å². The normalized spacial score (nSPS) is 12.0. The number of amides is 1. The summed E-state index contributed by atoms with van der Waals surface area (Å²) in [7, 11) is -0.961. The fraction of sp³-hybridized carbons (Fsp3) is 0.150. The molecule has 1 aromatic heterocycles. The Morgan fingerprint density at radius 2 is 1.85 bits per heavy atom. The van der Waals surface area contributed by atoms with Crippen molar-refractivity contribution < 1.29 is 17.8 Å². The van der Waals surface area contributed by atoms with Crippen molar-refractivity contribution in [2.45, 2.75) is 12.7 Å². The first kappa shape index (κ1) is 18.1. The van der Waals surface area contributed by atoms with Gasteiger partial charge in [-0.15, -0.1) is 0 Å². The number of rotatable bonds is 5. The van der Waals surface area contributed by atoms with Gasteiger partial charge in [-0.1, -0.05) is 12.1 Å². The molecule has 2 aromatic carbocycles. The van der Waals surface area contributed by atoms with Crippen LogP contribution in [0.4, 0.5) is 10.1 Å². The molecule has 3 rings (SSSR count). The maximum absolute atomic E-state index is 13.0. The summed E-state index contributed by atoms with van der Waals surface area (Å²) < 4.78 is 30.1. The lowest BCUT2D eigenvalue weighted by atomic mass is 10.1. The Bertz CT molecular complexity index is 963. The molecular weight excluding hydrogens is 353 g/mol. The van der Waals surface area contributed by atoms with Crippen LogP contribution in [0.25, 0.3) is 11.3 Å². The zero-order valence-corrected chi connectivity index (χ0v) is 15.2. The van der Waals surface area contributed by atoms with Gasteiger partial charge >= 0.3 is 0 Å². The van der Waals surface area contributed by atoms with Gasteiger partial charge < -0.3 is 9.73 Å². The van der Waals surface area contributed by atoms with Crippen molar-refractivity contribution in [3.63, 3.8) is 0 Å². The summed E-state index contributed by atoms with van der Waals surface area (Å²) in [6, 6.07) is 14.6. The third-order valence-corrected chi connectivity index (χ3v) is 4.73. The van der Waals surface area contributed by atoms with E-state index in [2.05, 4.69) is 5.32 Å². The molecule has 4 nitrogen and oxygen atoms in total. The first-order chi connectivity index (χ1) is 12.4. The summed E-state index contributed by atoms with van der Waals surface area (Å²) in [5, 5.41) is 2.82.